The Balaban J connectivity index is 1.26. The van der Waals surface area contributed by atoms with E-state index in [1.807, 2.05) is 12.3 Å². The smallest absolute Gasteiger partial charge is 0.150 e. The van der Waals surface area contributed by atoms with Gasteiger partial charge in [0.15, 0.2) is 5.65 Å². The molecule has 2 aromatic carbocycles. The van der Waals surface area contributed by atoms with Crippen LogP contribution in [0.15, 0.2) is 79.3 Å². The third-order valence-electron chi connectivity index (χ3n) is 6.91. The molecule has 3 aromatic heterocycles. The second-order valence-corrected chi connectivity index (χ2v) is 9.33. The van der Waals surface area contributed by atoms with Crippen molar-refractivity contribution in [2.24, 2.45) is 0 Å². The molecule has 7 heteroatoms. The monoisotopic (exact) mass is 458 g/mol. The lowest BCUT2D eigenvalue weighted by Crippen LogP contribution is -2.34. The second kappa shape index (κ2) is 9.51. The topological polar surface area (TPSA) is 58.4 Å². The van der Waals surface area contributed by atoms with Crippen molar-refractivity contribution in [1.29, 1.82) is 0 Å². The minimum atomic E-state index is 0.344. The summed E-state index contributed by atoms with van der Waals surface area (Å²) >= 11 is 0. The van der Waals surface area contributed by atoms with Gasteiger partial charge in [0, 0.05) is 50.2 Å². The van der Waals surface area contributed by atoms with E-state index in [9.17, 15) is 0 Å². The highest BCUT2D eigenvalue weighted by Crippen LogP contribution is 2.30. The number of aromatic nitrogens is 4. The fraction of sp³-hybridized carbons (Fsp3) is 0.250. The fourth-order valence-corrected chi connectivity index (χ4v) is 5.14. The third kappa shape index (κ3) is 4.51. The van der Waals surface area contributed by atoms with E-state index < -0.39 is 0 Å². The molecule has 0 aliphatic carbocycles. The largest absolute Gasteiger partial charge is 0.366 e. The van der Waals surface area contributed by atoms with Crippen molar-refractivity contribution in [3.63, 3.8) is 0 Å². The third-order valence-corrected chi connectivity index (χ3v) is 6.91. The van der Waals surface area contributed by atoms with Crippen LogP contribution in [0.3, 0.4) is 0 Å². The molecular weight excluding hydrogens is 431 g/mol. The summed E-state index contributed by atoms with van der Waals surface area (Å²) in [7, 11) is 6.24. The Morgan fingerprint density at radius 2 is 1.94 bits per heavy atom. The van der Waals surface area contributed by atoms with Crippen molar-refractivity contribution in [1.82, 2.24) is 24.5 Å². The molecule has 0 amide bonds. The molecule has 0 saturated carbocycles. The summed E-state index contributed by atoms with van der Waals surface area (Å²) in [6.07, 6.45) is 7.60. The summed E-state index contributed by atoms with van der Waals surface area (Å²) in [5.41, 5.74) is 4.87. The van der Waals surface area contributed by atoms with Crippen LogP contribution in [0.4, 0.5) is 5.82 Å². The molecule has 1 aliphatic rings. The van der Waals surface area contributed by atoms with Gasteiger partial charge in [-0.3, -0.25) is 9.88 Å². The number of nitrogens with one attached hydrogen (secondary N) is 1. The molecule has 172 valence electrons. The van der Waals surface area contributed by atoms with Crippen LogP contribution in [0.2, 0.25) is 0 Å². The van der Waals surface area contributed by atoms with Gasteiger partial charge in [0.05, 0.1) is 5.69 Å². The van der Waals surface area contributed by atoms with Gasteiger partial charge in [0.1, 0.15) is 13.7 Å². The normalized spacial score (nSPS) is 16.6. The van der Waals surface area contributed by atoms with Gasteiger partial charge >= 0.3 is 0 Å². The first kappa shape index (κ1) is 21.8. The van der Waals surface area contributed by atoms with Crippen LogP contribution in [0.5, 0.6) is 0 Å². The van der Waals surface area contributed by atoms with Gasteiger partial charge in [0.2, 0.25) is 0 Å². The van der Waals surface area contributed by atoms with Crippen molar-refractivity contribution in [2.45, 2.75) is 31.8 Å². The van der Waals surface area contributed by atoms with E-state index in [0.717, 1.165) is 49.6 Å². The van der Waals surface area contributed by atoms with Crippen molar-refractivity contribution < 1.29 is 0 Å². The van der Waals surface area contributed by atoms with Gasteiger partial charge in [-0.1, -0.05) is 48.5 Å². The Hall–Kier alpha value is -3.71. The van der Waals surface area contributed by atoms with Gasteiger partial charge in [-0.2, -0.15) is 9.61 Å². The van der Waals surface area contributed by atoms with E-state index in [1.165, 1.54) is 16.3 Å². The maximum absolute atomic E-state index is 6.24. The van der Waals surface area contributed by atoms with E-state index in [1.54, 1.807) is 16.9 Å². The quantitative estimate of drug-likeness (QED) is 0.389. The highest BCUT2D eigenvalue weighted by molar-refractivity contribution is 6.36. The van der Waals surface area contributed by atoms with Crippen molar-refractivity contribution >= 4 is 35.5 Å². The summed E-state index contributed by atoms with van der Waals surface area (Å²) in [5.74, 6) is 1.24. The average Bonchev–Trinajstić information content (AvgIpc) is 3.29. The number of nitrogens with zero attached hydrogens (tertiary/aromatic N) is 5. The van der Waals surface area contributed by atoms with E-state index >= 15 is 0 Å². The van der Waals surface area contributed by atoms with Gasteiger partial charge in [0.25, 0.3) is 0 Å². The minimum Gasteiger partial charge on any atom is -0.366 e. The summed E-state index contributed by atoms with van der Waals surface area (Å²) in [6, 6.07) is 21.4. The maximum Gasteiger partial charge on any atom is 0.150 e. The molecule has 35 heavy (non-hydrogen) atoms. The molecular formula is C28H27BN6. The molecule has 1 atom stereocenters. The van der Waals surface area contributed by atoms with Gasteiger partial charge in [-0.25, -0.2) is 4.98 Å². The van der Waals surface area contributed by atoms with Gasteiger partial charge in [-0.05, 0) is 52.8 Å². The second-order valence-electron chi connectivity index (χ2n) is 9.33. The summed E-state index contributed by atoms with van der Waals surface area (Å²) in [6.45, 7) is 3.68. The molecule has 1 fully saturated rings. The van der Waals surface area contributed by atoms with E-state index in [0.29, 0.717) is 23.6 Å². The number of benzene rings is 2. The van der Waals surface area contributed by atoms with Crippen molar-refractivity contribution in [3.05, 3.63) is 96.1 Å². The zero-order valence-corrected chi connectivity index (χ0v) is 19.6. The zero-order chi connectivity index (χ0) is 23.6. The Labute approximate surface area is 206 Å². The molecule has 1 unspecified atom stereocenters. The lowest BCUT2D eigenvalue weighted by molar-refractivity contribution is 0.199. The highest BCUT2D eigenvalue weighted by atomic mass is 15.3. The lowest BCUT2D eigenvalue weighted by atomic mass is 9.93. The molecule has 0 bridgehead atoms. The summed E-state index contributed by atoms with van der Waals surface area (Å²) in [5, 5.41) is 10.6. The van der Waals surface area contributed by atoms with Crippen LogP contribution in [0, 0.1) is 0 Å². The van der Waals surface area contributed by atoms with Crippen LogP contribution in [-0.2, 0) is 13.1 Å². The van der Waals surface area contributed by atoms with Crippen molar-refractivity contribution in [2.75, 3.05) is 18.4 Å². The predicted octanol–water partition coefficient (Wildman–Crippen LogP) is 4.06. The van der Waals surface area contributed by atoms with Gasteiger partial charge in [-0.15, -0.1) is 0 Å². The first-order chi connectivity index (χ1) is 17.2. The molecule has 6 nitrogen and oxygen atoms in total. The molecule has 1 aliphatic heterocycles. The zero-order valence-electron chi connectivity index (χ0n) is 19.6. The van der Waals surface area contributed by atoms with Crippen LogP contribution >= 0.6 is 0 Å². The Kier molecular flexibility index (Phi) is 5.92. The SMILES string of the molecule is [B]c1cnn2c(NCc3cccnc3)cc(C3CCCN(Cc4cccc5ccccc45)C3)nc12. The molecule has 5 aromatic rings. The van der Waals surface area contributed by atoms with Crippen LogP contribution in [-0.4, -0.2) is 45.4 Å². The van der Waals surface area contributed by atoms with Crippen LogP contribution in [0.25, 0.3) is 16.4 Å². The Morgan fingerprint density at radius 1 is 1.03 bits per heavy atom. The average molecular weight is 458 g/mol. The molecule has 1 N–H and O–H groups in total. The Bertz CT molecular complexity index is 1460. The number of hydrogen-bond acceptors (Lipinski definition) is 5. The standard InChI is InChI=1S/C28H27BN6/c29-25-17-32-35-27(31-16-20-6-4-12-30-15-20)14-26(33-28(25)35)23-10-5-13-34(19-23)18-22-9-3-8-21-7-1-2-11-24(21)22/h1-4,6-9,11-12,14-15,17,23,31H,5,10,13,16,18-19H2. The Morgan fingerprint density at radius 3 is 2.86 bits per heavy atom. The molecule has 2 radical (unpaired) electrons. The van der Waals surface area contributed by atoms with E-state index in [-0.39, 0.29) is 0 Å². The predicted molar refractivity (Wildman–Crippen MR) is 141 cm³/mol. The summed E-state index contributed by atoms with van der Waals surface area (Å²) < 4.78 is 1.80. The van der Waals surface area contributed by atoms with Crippen LogP contribution < -0.4 is 10.8 Å². The molecule has 4 heterocycles. The minimum absolute atomic E-state index is 0.344. The number of hydrogen-bond donors (Lipinski definition) is 1. The fourth-order valence-electron chi connectivity index (χ4n) is 5.14. The number of piperidine rings is 1. The summed E-state index contributed by atoms with van der Waals surface area (Å²) in [4.78, 5) is 11.7. The number of likely N-dealkylation sites (tertiary alicyclic amines) is 1. The van der Waals surface area contributed by atoms with Crippen LogP contribution in [0.1, 0.15) is 35.6 Å². The molecule has 6 rings (SSSR count). The molecule has 0 spiro atoms. The number of anilines is 1. The number of fused-ring (bicyclic) bond motifs is 2. The number of pyridine rings is 1. The molecule has 1 saturated heterocycles. The number of rotatable bonds is 6. The first-order valence-corrected chi connectivity index (χ1v) is 12.2. The van der Waals surface area contributed by atoms with E-state index in [2.05, 4.69) is 74.9 Å². The van der Waals surface area contributed by atoms with Crippen molar-refractivity contribution in [3.8, 4) is 0 Å². The van der Waals surface area contributed by atoms with E-state index in [4.69, 9.17) is 12.8 Å². The van der Waals surface area contributed by atoms with Gasteiger partial charge < -0.3 is 5.32 Å². The highest BCUT2D eigenvalue weighted by Gasteiger charge is 2.24. The first-order valence-electron chi connectivity index (χ1n) is 12.2. The maximum atomic E-state index is 6.24. The lowest BCUT2D eigenvalue weighted by Gasteiger charge is -2.33.